The molecule has 0 saturated heterocycles. The first-order valence-corrected chi connectivity index (χ1v) is 13.0. The molecule has 1 fully saturated rings. The van der Waals surface area contributed by atoms with Gasteiger partial charge in [-0.3, -0.25) is 14.4 Å². The first-order valence-electron chi connectivity index (χ1n) is 13.0. The zero-order valence-electron chi connectivity index (χ0n) is 20.7. The minimum Gasteiger partial charge on any atom is -0.300 e. The standard InChI is InChI=1S/C29H42O3/c1-5-9-24(26(6-2)27(31)14-19(3)30)16-22-17-25-13-12-23(15-21-10-7-8-11-21)20(4)29(25)28(32)18-22/h12-13,21-22,24,26H,5-11,14-18H2,1-4H3. The molecule has 1 saturated carbocycles. The van der Waals surface area contributed by atoms with Crippen LogP contribution in [0.15, 0.2) is 12.1 Å². The van der Waals surface area contributed by atoms with Gasteiger partial charge in [-0.15, -0.1) is 0 Å². The van der Waals surface area contributed by atoms with E-state index in [0.29, 0.717) is 18.1 Å². The highest BCUT2D eigenvalue weighted by molar-refractivity contribution is 6.00. The van der Waals surface area contributed by atoms with Crippen LogP contribution in [0.5, 0.6) is 0 Å². The first kappa shape index (κ1) is 24.9. The van der Waals surface area contributed by atoms with Crippen molar-refractivity contribution < 1.29 is 14.4 Å². The lowest BCUT2D eigenvalue weighted by Crippen LogP contribution is -2.30. The van der Waals surface area contributed by atoms with E-state index in [1.807, 2.05) is 0 Å². The molecule has 0 radical (unpaired) electrons. The van der Waals surface area contributed by atoms with E-state index >= 15 is 0 Å². The molecular weight excluding hydrogens is 396 g/mol. The minimum absolute atomic E-state index is 0.0469. The molecule has 0 aliphatic heterocycles. The van der Waals surface area contributed by atoms with E-state index < -0.39 is 0 Å². The third-order valence-electron chi connectivity index (χ3n) is 8.05. The summed E-state index contributed by atoms with van der Waals surface area (Å²) in [6.07, 6.45) is 11.7. The van der Waals surface area contributed by atoms with Crippen molar-refractivity contribution in [1.29, 1.82) is 0 Å². The molecule has 0 bridgehead atoms. The number of hydrogen-bond acceptors (Lipinski definition) is 3. The summed E-state index contributed by atoms with van der Waals surface area (Å²) < 4.78 is 0. The van der Waals surface area contributed by atoms with Gasteiger partial charge in [-0.25, -0.2) is 0 Å². The number of ketones is 3. The Kier molecular flexibility index (Phi) is 8.85. The second-order valence-electron chi connectivity index (χ2n) is 10.6. The molecule has 0 amide bonds. The normalized spacial score (nSPS) is 20.8. The van der Waals surface area contributed by atoms with E-state index in [-0.39, 0.29) is 29.8 Å². The number of benzene rings is 1. The molecule has 3 nitrogen and oxygen atoms in total. The summed E-state index contributed by atoms with van der Waals surface area (Å²) in [4.78, 5) is 37.5. The van der Waals surface area contributed by atoms with Crippen molar-refractivity contribution in [3.05, 3.63) is 34.4 Å². The second kappa shape index (κ2) is 11.4. The molecule has 0 spiro atoms. The molecule has 3 rings (SSSR count). The molecule has 0 heterocycles. The Morgan fingerprint density at radius 3 is 2.41 bits per heavy atom. The summed E-state index contributed by atoms with van der Waals surface area (Å²) in [5.41, 5.74) is 4.78. The van der Waals surface area contributed by atoms with Gasteiger partial charge in [-0.05, 0) is 74.0 Å². The summed E-state index contributed by atoms with van der Waals surface area (Å²) in [6, 6.07) is 4.49. The Balaban J connectivity index is 1.74. The molecular formula is C29H42O3. The average molecular weight is 439 g/mol. The van der Waals surface area contributed by atoms with Gasteiger partial charge >= 0.3 is 0 Å². The van der Waals surface area contributed by atoms with Crippen molar-refractivity contribution >= 4 is 17.3 Å². The van der Waals surface area contributed by atoms with Gasteiger partial charge in [-0.1, -0.05) is 64.5 Å². The SMILES string of the molecule is CCCC(CC1CC(=O)c2c(ccc(CC3CCCC3)c2C)C1)C(CC)C(=O)CC(C)=O. The quantitative estimate of drug-likeness (QED) is 0.355. The van der Waals surface area contributed by atoms with Crippen LogP contribution in [0.25, 0.3) is 0 Å². The fourth-order valence-corrected chi connectivity index (χ4v) is 6.51. The maximum atomic E-state index is 13.3. The van der Waals surface area contributed by atoms with Gasteiger partial charge in [0.2, 0.25) is 0 Å². The maximum Gasteiger partial charge on any atom is 0.163 e. The van der Waals surface area contributed by atoms with Crippen LogP contribution in [0, 0.1) is 30.6 Å². The highest BCUT2D eigenvalue weighted by atomic mass is 16.1. The van der Waals surface area contributed by atoms with Crippen molar-refractivity contribution in [2.75, 3.05) is 0 Å². The van der Waals surface area contributed by atoms with Crippen LogP contribution >= 0.6 is 0 Å². The van der Waals surface area contributed by atoms with Crippen LogP contribution in [-0.4, -0.2) is 17.3 Å². The van der Waals surface area contributed by atoms with E-state index in [1.54, 1.807) is 0 Å². The van der Waals surface area contributed by atoms with Crippen molar-refractivity contribution in [2.24, 2.45) is 23.7 Å². The summed E-state index contributed by atoms with van der Waals surface area (Å²) >= 11 is 0. The lowest BCUT2D eigenvalue weighted by molar-refractivity contribution is -0.129. The second-order valence-corrected chi connectivity index (χ2v) is 10.6. The third-order valence-corrected chi connectivity index (χ3v) is 8.05. The van der Waals surface area contributed by atoms with Gasteiger partial charge in [-0.2, -0.15) is 0 Å². The van der Waals surface area contributed by atoms with Crippen LogP contribution in [0.2, 0.25) is 0 Å². The van der Waals surface area contributed by atoms with Crippen LogP contribution < -0.4 is 0 Å². The van der Waals surface area contributed by atoms with Crippen LogP contribution in [0.1, 0.15) is 112 Å². The molecule has 0 aromatic heterocycles. The van der Waals surface area contributed by atoms with E-state index in [1.165, 1.54) is 49.3 Å². The third kappa shape index (κ3) is 5.97. The number of rotatable bonds is 11. The highest BCUT2D eigenvalue weighted by Crippen LogP contribution is 2.38. The van der Waals surface area contributed by atoms with Gasteiger partial charge in [0.15, 0.2) is 5.78 Å². The first-order chi connectivity index (χ1) is 15.3. The van der Waals surface area contributed by atoms with Gasteiger partial charge in [0.1, 0.15) is 11.6 Å². The number of carbonyl (C=O) groups is 3. The fourth-order valence-electron chi connectivity index (χ4n) is 6.51. The number of fused-ring (bicyclic) bond motifs is 1. The molecule has 3 unspecified atom stereocenters. The lowest BCUT2D eigenvalue weighted by atomic mass is 9.71. The van der Waals surface area contributed by atoms with Gasteiger partial charge in [0, 0.05) is 17.9 Å². The number of hydrogen-bond donors (Lipinski definition) is 0. The van der Waals surface area contributed by atoms with Crippen LogP contribution in [-0.2, 0) is 22.4 Å². The Morgan fingerprint density at radius 1 is 1.06 bits per heavy atom. The zero-order valence-corrected chi connectivity index (χ0v) is 20.7. The van der Waals surface area contributed by atoms with E-state index in [2.05, 4.69) is 32.9 Å². The van der Waals surface area contributed by atoms with Gasteiger partial charge in [0.25, 0.3) is 0 Å². The summed E-state index contributed by atoms with van der Waals surface area (Å²) in [6.45, 7) is 7.86. The Hall–Kier alpha value is -1.77. The molecule has 3 heteroatoms. The van der Waals surface area contributed by atoms with Crippen molar-refractivity contribution in [2.45, 2.75) is 105 Å². The van der Waals surface area contributed by atoms with E-state index in [4.69, 9.17) is 0 Å². The molecule has 176 valence electrons. The Morgan fingerprint density at radius 2 is 1.78 bits per heavy atom. The smallest absolute Gasteiger partial charge is 0.163 e. The average Bonchev–Trinajstić information content (AvgIpc) is 3.23. The molecule has 32 heavy (non-hydrogen) atoms. The summed E-state index contributed by atoms with van der Waals surface area (Å²) in [5.74, 6) is 1.62. The minimum atomic E-state index is -0.0640. The molecule has 0 N–H and O–H groups in total. The topological polar surface area (TPSA) is 51.2 Å². The van der Waals surface area contributed by atoms with Crippen LogP contribution in [0.4, 0.5) is 0 Å². The van der Waals surface area contributed by atoms with Crippen molar-refractivity contribution in [3.63, 3.8) is 0 Å². The predicted octanol–water partition coefficient (Wildman–Crippen LogP) is 6.85. The van der Waals surface area contributed by atoms with Gasteiger partial charge in [0.05, 0.1) is 6.42 Å². The van der Waals surface area contributed by atoms with Crippen molar-refractivity contribution in [3.8, 4) is 0 Å². The Labute approximate surface area is 194 Å². The van der Waals surface area contributed by atoms with Gasteiger partial charge < -0.3 is 0 Å². The lowest BCUT2D eigenvalue weighted by Gasteiger charge is -2.32. The molecule has 1 aromatic rings. The largest absolute Gasteiger partial charge is 0.300 e. The maximum absolute atomic E-state index is 13.3. The number of carbonyl (C=O) groups excluding carboxylic acids is 3. The van der Waals surface area contributed by atoms with E-state index in [0.717, 1.165) is 50.0 Å². The predicted molar refractivity (Wildman–Crippen MR) is 130 cm³/mol. The summed E-state index contributed by atoms with van der Waals surface area (Å²) in [7, 11) is 0. The molecule has 1 aromatic carbocycles. The fraction of sp³-hybridized carbons (Fsp3) is 0.690. The van der Waals surface area contributed by atoms with Crippen molar-refractivity contribution in [1.82, 2.24) is 0 Å². The highest BCUT2D eigenvalue weighted by Gasteiger charge is 2.33. The Bertz CT molecular complexity index is 831. The zero-order chi connectivity index (χ0) is 23.3. The van der Waals surface area contributed by atoms with E-state index in [9.17, 15) is 14.4 Å². The van der Waals surface area contributed by atoms with Crippen LogP contribution in [0.3, 0.4) is 0 Å². The summed E-state index contributed by atoms with van der Waals surface area (Å²) in [5, 5.41) is 0. The monoisotopic (exact) mass is 438 g/mol. The number of Topliss-reactive ketones (excluding diaryl/α,β-unsaturated/α-hetero) is 3. The molecule has 2 aliphatic carbocycles. The molecule has 3 atom stereocenters. The molecule has 2 aliphatic rings.